The number of ether oxygens (including phenoxy) is 2. The minimum atomic E-state index is -0.133. The maximum absolute atomic E-state index is 12.7. The Morgan fingerprint density at radius 1 is 0.967 bits per heavy atom. The molecule has 1 fully saturated rings. The van der Waals surface area contributed by atoms with Crippen LogP contribution in [-0.2, 0) is 0 Å². The Kier molecular flexibility index (Phi) is 4.80. The highest BCUT2D eigenvalue weighted by Gasteiger charge is 2.23. The van der Waals surface area contributed by atoms with Crippen molar-refractivity contribution >= 4 is 17.5 Å². The minimum absolute atomic E-state index is 0.133. The lowest BCUT2D eigenvalue weighted by atomic mass is 10.2. The number of hydrogen-bond donors (Lipinski definition) is 1. The number of aromatic nitrogens is 4. The van der Waals surface area contributed by atoms with E-state index in [0.29, 0.717) is 62.4 Å². The average Bonchev–Trinajstić information content (AvgIpc) is 3.34. The van der Waals surface area contributed by atoms with E-state index in [1.165, 1.54) is 6.33 Å². The SMILES string of the molecule is O=C(Nc1ccc2c(c1)OCCO2)N1CCN(c2cc(-n3cccn3)ncn2)CC1. The number of nitrogens with one attached hydrogen (secondary N) is 1. The largest absolute Gasteiger partial charge is 0.486 e. The number of nitrogens with zero attached hydrogens (tertiary/aromatic N) is 6. The first-order valence-electron chi connectivity index (χ1n) is 9.79. The molecule has 10 heteroatoms. The molecule has 0 radical (unpaired) electrons. The maximum atomic E-state index is 12.7. The van der Waals surface area contributed by atoms with Crippen LogP contribution in [0.25, 0.3) is 5.82 Å². The van der Waals surface area contributed by atoms with Crippen LogP contribution in [0.2, 0.25) is 0 Å². The Morgan fingerprint density at radius 2 is 1.77 bits per heavy atom. The Balaban J connectivity index is 1.20. The zero-order valence-corrected chi connectivity index (χ0v) is 16.3. The van der Waals surface area contributed by atoms with Gasteiger partial charge in [-0.3, -0.25) is 0 Å². The number of piperazine rings is 1. The second kappa shape index (κ2) is 7.90. The van der Waals surface area contributed by atoms with Gasteiger partial charge in [-0.15, -0.1) is 0 Å². The molecule has 0 bridgehead atoms. The first kappa shape index (κ1) is 18.2. The third kappa shape index (κ3) is 3.71. The van der Waals surface area contributed by atoms with Gasteiger partial charge in [-0.1, -0.05) is 0 Å². The number of anilines is 2. The highest BCUT2D eigenvalue weighted by Crippen LogP contribution is 2.32. The molecule has 1 saturated heterocycles. The van der Waals surface area contributed by atoms with E-state index in [2.05, 4.69) is 25.3 Å². The van der Waals surface area contributed by atoms with Crippen LogP contribution in [0.15, 0.2) is 49.1 Å². The molecular formula is C20H21N7O3. The Bertz CT molecular complexity index is 1030. The number of rotatable bonds is 3. The number of carbonyl (C=O) groups excluding carboxylic acids is 1. The number of carbonyl (C=O) groups is 1. The van der Waals surface area contributed by atoms with E-state index in [4.69, 9.17) is 9.47 Å². The second-order valence-corrected chi connectivity index (χ2v) is 6.95. The summed E-state index contributed by atoms with van der Waals surface area (Å²) in [7, 11) is 0. The van der Waals surface area contributed by atoms with Crippen LogP contribution in [0.1, 0.15) is 0 Å². The lowest BCUT2D eigenvalue weighted by molar-refractivity contribution is 0.171. The molecule has 2 amide bonds. The minimum Gasteiger partial charge on any atom is -0.486 e. The summed E-state index contributed by atoms with van der Waals surface area (Å²) >= 11 is 0. The number of fused-ring (bicyclic) bond motifs is 1. The summed E-state index contributed by atoms with van der Waals surface area (Å²) in [6.07, 6.45) is 5.08. The summed E-state index contributed by atoms with van der Waals surface area (Å²) < 4.78 is 12.8. The first-order chi connectivity index (χ1) is 14.8. The van der Waals surface area contributed by atoms with Crippen molar-refractivity contribution in [1.82, 2.24) is 24.6 Å². The molecule has 2 aromatic heterocycles. The van der Waals surface area contributed by atoms with Gasteiger partial charge in [0.05, 0.1) is 0 Å². The van der Waals surface area contributed by atoms with Crippen LogP contribution >= 0.6 is 0 Å². The van der Waals surface area contributed by atoms with Crippen LogP contribution in [0.4, 0.5) is 16.3 Å². The standard InChI is InChI=1S/C20H21N7O3/c28-20(24-15-2-3-16-17(12-15)30-11-10-29-16)26-8-6-25(7-9-26)18-13-19(22-14-21-18)27-5-1-4-23-27/h1-5,12-14H,6-11H2,(H,24,28). The van der Waals surface area contributed by atoms with E-state index < -0.39 is 0 Å². The van der Waals surface area contributed by atoms with Gasteiger partial charge in [0.2, 0.25) is 0 Å². The zero-order chi connectivity index (χ0) is 20.3. The van der Waals surface area contributed by atoms with Gasteiger partial charge in [-0.2, -0.15) is 5.10 Å². The predicted octanol–water partition coefficient (Wildman–Crippen LogP) is 1.79. The molecule has 0 aliphatic carbocycles. The molecule has 0 atom stereocenters. The fourth-order valence-corrected chi connectivity index (χ4v) is 3.50. The molecule has 0 spiro atoms. The van der Waals surface area contributed by atoms with Gasteiger partial charge in [0, 0.05) is 56.4 Å². The molecule has 1 aromatic carbocycles. The fourth-order valence-electron chi connectivity index (χ4n) is 3.50. The van der Waals surface area contributed by atoms with Crippen molar-refractivity contribution in [3.8, 4) is 17.3 Å². The Labute approximate surface area is 173 Å². The summed E-state index contributed by atoms with van der Waals surface area (Å²) in [5.41, 5.74) is 0.686. The van der Waals surface area contributed by atoms with Crippen LogP contribution in [0.5, 0.6) is 11.5 Å². The molecule has 154 valence electrons. The highest BCUT2D eigenvalue weighted by atomic mass is 16.6. The number of hydrogen-bond acceptors (Lipinski definition) is 7. The van der Waals surface area contributed by atoms with Crippen molar-refractivity contribution in [2.45, 2.75) is 0 Å². The predicted molar refractivity (Wildman–Crippen MR) is 109 cm³/mol. The third-order valence-corrected chi connectivity index (χ3v) is 5.06. The van der Waals surface area contributed by atoms with E-state index in [0.717, 1.165) is 5.82 Å². The van der Waals surface area contributed by atoms with E-state index >= 15 is 0 Å². The van der Waals surface area contributed by atoms with Crippen molar-refractivity contribution in [2.24, 2.45) is 0 Å². The molecule has 2 aliphatic heterocycles. The van der Waals surface area contributed by atoms with Gasteiger partial charge in [-0.25, -0.2) is 19.4 Å². The highest BCUT2D eigenvalue weighted by molar-refractivity contribution is 5.90. The third-order valence-electron chi connectivity index (χ3n) is 5.06. The first-order valence-corrected chi connectivity index (χ1v) is 9.79. The zero-order valence-electron chi connectivity index (χ0n) is 16.3. The Morgan fingerprint density at radius 3 is 2.57 bits per heavy atom. The van der Waals surface area contributed by atoms with Crippen molar-refractivity contribution in [1.29, 1.82) is 0 Å². The van der Waals surface area contributed by atoms with E-state index in [9.17, 15) is 4.79 Å². The topological polar surface area (TPSA) is 97.6 Å². The number of urea groups is 1. The van der Waals surface area contributed by atoms with Crippen LogP contribution < -0.4 is 19.7 Å². The molecule has 5 rings (SSSR count). The molecule has 3 aromatic rings. The summed E-state index contributed by atoms with van der Waals surface area (Å²) in [5, 5.41) is 7.14. The molecule has 2 aliphatic rings. The van der Waals surface area contributed by atoms with E-state index in [1.807, 2.05) is 30.5 Å². The van der Waals surface area contributed by atoms with Gasteiger partial charge >= 0.3 is 6.03 Å². The average molecular weight is 407 g/mol. The van der Waals surface area contributed by atoms with Crippen LogP contribution in [0.3, 0.4) is 0 Å². The van der Waals surface area contributed by atoms with E-state index in [1.54, 1.807) is 21.8 Å². The second-order valence-electron chi connectivity index (χ2n) is 6.95. The molecule has 0 unspecified atom stereocenters. The van der Waals surface area contributed by atoms with Gasteiger partial charge in [0.15, 0.2) is 17.3 Å². The smallest absolute Gasteiger partial charge is 0.321 e. The monoisotopic (exact) mass is 407 g/mol. The summed E-state index contributed by atoms with van der Waals surface area (Å²) in [5.74, 6) is 2.89. The van der Waals surface area contributed by atoms with Crippen molar-refractivity contribution < 1.29 is 14.3 Å². The number of amides is 2. The fraction of sp³-hybridized carbons (Fsp3) is 0.300. The van der Waals surface area contributed by atoms with Crippen molar-refractivity contribution in [3.63, 3.8) is 0 Å². The molecule has 0 saturated carbocycles. The van der Waals surface area contributed by atoms with Crippen LogP contribution in [-0.4, -0.2) is 70.1 Å². The molecule has 10 nitrogen and oxygen atoms in total. The van der Waals surface area contributed by atoms with Gasteiger partial charge in [0.25, 0.3) is 0 Å². The summed E-state index contributed by atoms with van der Waals surface area (Å²) in [6, 6.07) is 9.04. The quantitative estimate of drug-likeness (QED) is 0.707. The molecule has 30 heavy (non-hydrogen) atoms. The van der Waals surface area contributed by atoms with Crippen molar-refractivity contribution in [2.75, 3.05) is 49.6 Å². The molecule has 1 N–H and O–H groups in total. The maximum Gasteiger partial charge on any atom is 0.321 e. The molecule has 4 heterocycles. The molecular weight excluding hydrogens is 386 g/mol. The normalized spacial score (nSPS) is 15.7. The number of benzene rings is 1. The van der Waals surface area contributed by atoms with Crippen molar-refractivity contribution in [3.05, 3.63) is 49.1 Å². The van der Waals surface area contributed by atoms with E-state index in [-0.39, 0.29) is 6.03 Å². The summed E-state index contributed by atoms with van der Waals surface area (Å²) in [4.78, 5) is 25.3. The lowest BCUT2D eigenvalue weighted by Crippen LogP contribution is -2.50. The lowest BCUT2D eigenvalue weighted by Gasteiger charge is -2.35. The van der Waals surface area contributed by atoms with Gasteiger partial charge in [0.1, 0.15) is 25.4 Å². The summed E-state index contributed by atoms with van der Waals surface area (Å²) in [6.45, 7) is 3.61. The van der Waals surface area contributed by atoms with Gasteiger partial charge in [-0.05, 0) is 18.2 Å². The van der Waals surface area contributed by atoms with Crippen LogP contribution in [0, 0.1) is 0 Å². The van der Waals surface area contributed by atoms with Gasteiger partial charge < -0.3 is 24.6 Å². The Hall–Kier alpha value is -3.82.